The van der Waals surface area contributed by atoms with Crippen LogP contribution in [0.15, 0.2) is 18.2 Å². The van der Waals surface area contributed by atoms with Gasteiger partial charge in [-0.2, -0.15) is 0 Å². The van der Waals surface area contributed by atoms with Crippen LogP contribution in [0.4, 0.5) is 4.39 Å². The van der Waals surface area contributed by atoms with Gasteiger partial charge in [-0.3, -0.25) is 0 Å². The maximum absolute atomic E-state index is 13.0. The highest BCUT2D eigenvalue weighted by molar-refractivity contribution is 6.31. The van der Waals surface area contributed by atoms with Crippen LogP contribution in [-0.4, -0.2) is 25.6 Å². The molecule has 0 saturated carbocycles. The maximum Gasteiger partial charge on any atom is 0.123 e. The SMILES string of the molecule is COCC(CCCl)NCc1cc(F)ccc1Cl. The molecule has 0 bridgehead atoms. The monoisotopic (exact) mass is 279 g/mol. The minimum Gasteiger partial charge on any atom is -0.383 e. The maximum atomic E-state index is 13.0. The molecule has 96 valence electrons. The van der Waals surface area contributed by atoms with Crippen LogP contribution in [-0.2, 0) is 11.3 Å². The second-order valence-electron chi connectivity index (χ2n) is 3.75. The van der Waals surface area contributed by atoms with Gasteiger partial charge in [0.2, 0.25) is 0 Å². The van der Waals surface area contributed by atoms with E-state index in [2.05, 4.69) is 5.32 Å². The molecule has 1 atom stereocenters. The smallest absolute Gasteiger partial charge is 0.123 e. The molecule has 0 aliphatic rings. The van der Waals surface area contributed by atoms with E-state index in [4.69, 9.17) is 27.9 Å². The zero-order valence-corrected chi connectivity index (χ0v) is 11.2. The van der Waals surface area contributed by atoms with Crippen LogP contribution in [0.5, 0.6) is 0 Å². The second-order valence-corrected chi connectivity index (χ2v) is 4.53. The summed E-state index contributed by atoms with van der Waals surface area (Å²) in [5.74, 6) is 0.268. The zero-order valence-electron chi connectivity index (χ0n) is 9.68. The number of nitrogens with one attached hydrogen (secondary N) is 1. The van der Waals surface area contributed by atoms with Crippen molar-refractivity contribution >= 4 is 23.2 Å². The summed E-state index contributed by atoms with van der Waals surface area (Å²) in [5, 5.41) is 3.80. The van der Waals surface area contributed by atoms with E-state index in [0.29, 0.717) is 24.1 Å². The molecule has 0 saturated heterocycles. The molecule has 1 rings (SSSR count). The minimum atomic E-state index is -0.285. The van der Waals surface area contributed by atoms with E-state index in [-0.39, 0.29) is 11.9 Å². The van der Waals surface area contributed by atoms with Gasteiger partial charge < -0.3 is 10.1 Å². The third-order valence-corrected chi connectivity index (χ3v) is 3.00. The van der Waals surface area contributed by atoms with Crippen LogP contribution < -0.4 is 5.32 Å². The first kappa shape index (κ1) is 14.7. The van der Waals surface area contributed by atoms with Crippen molar-refractivity contribution in [3.05, 3.63) is 34.6 Å². The number of hydrogen-bond acceptors (Lipinski definition) is 2. The molecule has 1 N–H and O–H groups in total. The summed E-state index contributed by atoms with van der Waals surface area (Å²) in [4.78, 5) is 0. The molecule has 0 amide bonds. The Morgan fingerprint density at radius 2 is 2.24 bits per heavy atom. The van der Waals surface area contributed by atoms with Crippen molar-refractivity contribution in [1.29, 1.82) is 0 Å². The van der Waals surface area contributed by atoms with Crippen LogP contribution in [0, 0.1) is 5.82 Å². The summed E-state index contributed by atoms with van der Waals surface area (Å²) in [5.41, 5.74) is 0.738. The van der Waals surface area contributed by atoms with Crippen molar-refractivity contribution in [3.63, 3.8) is 0 Å². The number of benzene rings is 1. The topological polar surface area (TPSA) is 21.3 Å². The molecule has 1 aromatic rings. The van der Waals surface area contributed by atoms with Crippen LogP contribution in [0.2, 0.25) is 5.02 Å². The molecule has 0 fully saturated rings. The lowest BCUT2D eigenvalue weighted by Crippen LogP contribution is -2.33. The molecule has 0 radical (unpaired) electrons. The largest absolute Gasteiger partial charge is 0.383 e. The lowest BCUT2D eigenvalue weighted by Gasteiger charge is -2.17. The normalized spacial score (nSPS) is 12.7. The molecule has 17 heavy (non-hydrogen) atoms. The Kier molecular flexibility index (Phi) is 6.82. The van der Waals surface area contributed by atoms with Crippen molar-refractivity contribution < 1.29 is 9.13 Å². The van der Waals surface area contributed by atoms with Crippen LogP contribution in [0.3, 0.4) is 0 Å². The average molecular weight is 280 g/mol. The zero-order chi connectivity index (χ0) is 12.7. The summed E-state index contributed by atoms with van der Waals surface area (Å²) in [6.07, 6.45) is 0.794. The van der Waals surface area contributed by atoms with Gasteiger partial charge in [-0.25, -0.2) is 4.39 Å². The van der Waals surface area contributed by atoms with Gasteiger partial charge in [-0.15, -0.1) is 11.6 Å². The second kappa shape index (κ2) is 7.88. The standard InChI is InChI=1S/C12H16Cl2FNO/c1-17-8-11(4-5-13)16-7-9-6-10(15)2-3-12(9)14/h2-3,6,11,16H,4-5,7-8H2,1H3. The van der Waals surface area contributed by atoms with Gasteiger partial charge in [0, 0.05) is 30.6 Å². The number of rotatable bonds is 7. The Labute approximate surface area is 111 Å². The Balaban J connectivity index is 2.55. The first-order chi connectivity index (χ1) is 8.17. The van der Waals surface area contributed by atoms with Crippen molar-refractivity contribution in [3.8, 4) is 0 Å². The Morgan fingerprint density at radius 3 is 2.88 bits per heavy atom. The van der Waals surface area contributed by atoms with Crippen molar-refractivity contribution in [2.75, 3.05) is 19.6 Å². The number of halogens is 3. The van der Waals surface area contributed by atoms with Gasteiger partial charge >= 0.3 is 0 Å². The van der Waals surface area contributed by atoms with Crippen molar-refractivity contribution in [2.24, 2.45) is 0 Å². The Morgan fingerprint density at radius 1 is 1.47 bits per heavy atom. The van der Waals surface area contributed by atoms with E-state index in [1.807, 2.05) is 0 Å². The number of ether oxygens (including phenoxy) is 1. The predicted octanol–water partition coefficient (Wildman–Crippen LogP) is 3.21. The van der Waals surface area contributed by atoms with Crippen LogP contribution in [0.25, 0.3) is 0 Å². The molecule has 0 spiro atoms. The Bertz CT molecular complexity index is 343. The number of methoxy groups -OCH3 is 1. The fourth-order valence-electron chi connectivity index (χ4n) is 1.51. The van der Waals surface area contributed by atoms with E-state index in [9.17, 15) is 4.39 Å². The molecular formula is C12H16Cl2FNO. The van der Waals surface area contributed by atoms with Gasteiger partial charge in [0.1, 0.15) is 5.82 Å². The van der Waals surface area contributed by atoms with Gasteiger partial charge in [0.15, 0.2) is 0 Å². The lowest BCUT2D eigenvalue weighted by atomic mass is 10.2. The molecule has 5 heteroatoms. The molecular weight excluding hydrogens is 264 g/mol. The van der Waals surface area contributed by atoms with E-state index in [0.717, 1.165) is 12.0 Å². The van der Waals surface area contributed by atoms with Gasteiger partial charge in [-0.05, 0) is 30.2 Å². The summed E-state index contributed by atoms with van der Waals surface area (Å²) in [6, 6.07) is 4.48. The van der Waals surface area contributed by atoms with E-state index in [1.54, 1.807) is 13.2 Å². The Hall–Kier alpha value is -0.350. The van der Waals surface area contributed by atoms with E-state index >= 15 is 0 Å². The first-order valence-corrected chi connectivity index (χ1v) is 6.30. The third kappa shape index (κ3) is 5.21. The highest BCUT2D eigenvalue weighted by Crippen LogP contribution is 2.17. The van der Waals surface area contributed by atoms with Crippen molar-refractivity contribution in [2.45, 2.75) is 19.0 Å². The lowest BCUT2D eigenvalue weighted by molar-refractivity contribution is 0.164. The molecule has 0 aliphatic carbocycles. The minimum absolute atomic E-state index is 0.150. The summed E-state index contributed by atoms with van der Waals surface area (Å²) >= 11 is 11.7. The first-order valence-electron chi connectivity index (χ1n) is 5.39. The fourth-order valence-corrected chi connectivity index (χ4v) is 1.96. The fraction of sp³-hybridized carbons (Fsp3) is 0.500. The van der Waals surface area contributed by atoms with Crippen LogP contribution in [0.1, 0.15) is 12.0 Å². The summed E-state index contributed by atoms with van der Waals surface area (Å²) in [7, 11) is 1.64. The molecule has 1 unspecified atom stereocenters. The predicted molar refractivity (Wildman–Crippen MR) is 69.3 cm³/mol. The molecule has 2 nitrogen and oxygen atoms in total. The van der Waals surface area contributed by atoms with Crippen molar-refractivity contribution in [1.82, 2.24) is 5.32 Å². The average Bonchev–Trinajstić information content (AvgIpc) is 2.30. The third-order valence-electron chi connectivity index (χ3n) is 2.41. The number of hydrogen-bond donors (Lipinski definition) is 1. The van der Waals surface area contributed by atoms with E-state index in [1.165, 1.54) is 12.1 Å². The van der Waals surface area contributed by atoms with Crippen LogP contribution >= 0.6 is 23.2 Å². The van der Waals surface area contributed by atoms with E-state index < -0.39 is 0 Å². The molecule has 0 heterocycles. The van der Waals surface area contributed by atoms with Gasteiger partial charge in [-0.1, -0.05) is 11.6 Å². The quantitative estimate of drug-likeness (QED) is 0.774. The summed E-state index contributed by atoms with van der Waals surface area (Å²) in [6.45, 7) is 1.07. The number of alkyl halides is 1. The summed E-state index contributed by atoms with van der Waals surface area (Å²) < 4.78 is 18.1. The van der Waals surface area contributed by atoms with Gasteiger partial charge in [0.05, 0.1) is 6.61 Å². The highest BCUT2D eigenvalue weighted by Gasteiger charge is 2.09. The molecule has 0 aromatic heterocycles. The highest BCUT2D eigenvalue weighted by atomic mass is 35.5. The molecule has 1 aromatic carbocycles. The molecule has 0 aliphatic heterocycles. The van der Waals surface area contributed by atoms with Gasteiger partial charge in [0.25, 0.3) is 0 Å².